The second-order valence-electron chi connectivity index (χ2n) is 18.4. The van der Waals surface area contributed by atoms with Crippen LogP contribution >= 0.6 is 0 Å². The van der Waals surface area contributed by atoms with Gasteiger partial charge in [-0.2, -0.15) is 0 Å². The Bertz CT molecular complexity index is 2790. The first kappa shape index (κ1) is 36.9. The number of unbranched alkanes of at least 4 members (excludes halogenated alkanes) is 1. The van der Waals surface area contributed by atoms with Gasteiger partial charge < -0.3 is 9.32 Å². The fourth-order valence-corrected chi connectivity index (χ4v) is 12.1. The standard InChI is InChI=1S/C58H53NO/c1-3-5-8-41-13-26-50(27-14-41)59(52-30-24-49(25-31-52)58-37-42-33-43(38-58)36-57(35-42,39-58)48-22-11-40(4-2)12-23-48)51-28-19-45(20-29-51)44-15-17-46(18-16-44)47-21-32-56-54(34-47)53-9-6-7-10-55(53)60-56/h4,6-7,9-32,34,42-43H,2-3,5,8,33,35-39H2,1H3. The molecular weight excluding hydrogens is 727 g/mol. The highest BCUT2D eigenvalue weighted by Gasteiger charge is 2.58. The molecule has 0 saturated heterocycles. The van der Waals surface area contributed by atoms with Gasteiger partial charge >= 0.3 is 0 Å². The summed E-state index contributed by atoms with van der Waals surface area (Å²) in [5.41, 5.74) is 16.5. The van der Waals surface area contributed by atoms with E-state index in [1.165, 1.54) is 102 Å². The summed E-state index contributed by atoms with van der Waals surface area (Å²) in [5, 5.41) is 2.32. The van der Waals surface area contributed by atoms with Gasteiger partial charge in [-0.05, 0) is 173 Å². The minimum absolute atomic E-state index is 0.253. The van der Waals surface area contributed by atoms with Gasteiger partial charge in [-0.25, -0.2) is 0 Å². The molecule has 12 rings (SSSR count). The summed E-state index contributed by atoms with van der Waals surface area (Å²) in [5.74, 6) is 1.63. The van der Waals surface area contributed by atoms with Crippen molar-refractivity contribution >= 4 is 45.1 Å². The van der Waals surface area contributed by atoms with E-state index in [4.69, 9.17) is 4.42 Å². The zero-order valence-electron chi connectivity index (χ0n) is 34.7. The Hall–Kier alpha value is -6.12. The molecule has 4 saturated carbocycles. The van der Waals surface area contributed by atoms with Crippen LogP contribution < -0.4 is 4.90 Å². The van der Waals surface area contributed by atoms with E-state index in [2.05, 4.69) is 170 Å². The number of hydrogen-bond acceptors (Lipinski definition) is 2. The van der Waals surface area contributed by atoms with Crippen molar-refractivity contribution in [1.82, 2.24) is 0 Å². The molecule has 0 N–H and O–H groups in total. The van der Waals surface area contributed by atoms with Crippen LogP contribution in [-0.2, 0) is 17.3 Å². The van der Waals surface area contributed by atoms with Gasteiger partial charge in [0.1, 0.15) is 11.2 Å². The van der Waals surface area contributed by atoms with E-state index < -0.39 is 0 Å². The molecule has 7 aromatic carbocycles. The van der Waals surface area contributed by atoms with Crippen LogP contribution in [0.15, 0.2) is 175 Å². The second kappa shape index (κ2) is 14.9. The lowest BCUT2D eigenvalue weighted by atomic mass is 9.42. The summed E-state index contributed by atoms with van der Waals surface area (Å²) >= 11 is 0. The number of rotatable bonds is 11. The zero-order chi connectivity index (χ0) is 40.3. The Kier molecular flexibility index (Phi) is 9.14. The number of benzene rings is 7. The Morgan fingerprint density at radius 1 is 0.567 bits per heavy atom. The quantitative estimate of drug-likeness (QED) is 0.130. The molecule has 4 aliphatic rings. The minimum atomic E-state index is 0.253. The molecule has 0 radical (unpaired) electrons. The van der Waals surface area contributed by atoms with Crippen LogP contribution in [0.25, 0.3) is 50.3 Å². The van der Waals surface area contributed by atoms with Gasteiger partial charge in [-0.1, -0.05) is 135 Å². The molecule has 0 amide bonds. The maximum atomic E-state index is 6.09. The first-order valence-electron chi connectivity index (χ1n) is 22.3. The normalized spacial score (nSPS) is 21.8. The SMILES string of the molecule is C=Cc1ccc(C23CC4CC(C2)CC(c2ccc(N(c5ccc(CCCC)cc5)c5ccc(-c6ccc(-c7ccc8oc9ccccc9c8c7)cc6)cc5)cc2)(C4)C3)cc1. The van der Waals surface area contributed by atoms with Gasteiger partial charge in [0.25, 0.3) is 0 Å². The molecular formula is C58H53NO. The van der Waals surface area contributed by atoms with Crippen molar-refractivity contribution < 1.29 is 4.42 Å². The molecule has 4 fully saturated rings. The van der Waals surface area contributed by atoms with Crippen LogP contribution in [-0.4, -0.2) is 0 Å². The third-order valence-corrected chi connectivity index (χ3v) is 14.6. The van der Waals surface area contributed by atoms with Crippen LogP contribution in [0.2, 0.25) is 0 Å². The molecule has 2 nitrogen and oxygen atoms in total. The number of furan rings is 1. The Morgan fingerprint density at radius 2 is 1.07 bits per heavy atom. The van der Waals surface area contributed by atoms with Crippen LogP contribution in [0, 0.1) is 11.8 Å². The highest BCUT2D eigenvalue weighted by Crippen LogP contribution is 2.66. The van der Waals surface area contributed by atoms with Crippen LogP contribution in [0.1, 0.15) is 80.5 Å². The van der Waals surface area contributed by atoms with Gasteiger partial charge in [0.15, 0.2) is 0 Å². The summed E-state index contributed by atoms with van der Waals surface area (Å²) in [6.07, 6.45) is 13.5. The van der Waals surface area contributed by atoms with Crippen LogP contribution in [0.4, 0.5) is 17.1 Å². The van der Waals surface area contributed by atoms with Gasteiger partial charge in [0.05, 0.1) is 0 Å². The summed E-state index contributed by atoms with van der Waals surface area (Å²) in [6.45, 7) is 6.28. The van der Waals surface area contributed by atoms with Crippen molar-refractivity contribution in [2.75, 3.05) is 4.90 Å². The molecule has 2 unspecified atom stereocenters. The molecule has 8 aromatic rings. The molecule has 60 heavy (non-hydrogen) atoms. The lowest BCUT2D eigenvalue weighted by Crippen LogP contribution is -2.55. The number of para-hydroxylation sites is 1. The summed E-state index contributed by atoms with van der Waals surface area (Å²) in [7, 11) is 0. The average Bonchev–Trinajstić information content (AvgIpc) is 3.67. The molecule has 0 spiro atoms. The van der Waals surface area contributed by atoms with E-state index >= 15 is 0 Å². The van der Waals surface area contributed by atoms with Gasteiger partial charge in [-0.15, -0.1) is 0 Å². The molecule has 4 aliphatic carbocycles. The number of nitrogens with zero attached hydrogens (tertiary/aromatic N) is 1. The summed E-state index contributed by atoms with van der Waals surface area (Å²) < 4.78 is 6.09. The first-order chi connectivity index (χ1) is 29.5. The van der Waals surface area contributed by atoms with E-state index in [1.54, 1.807) is 11.1 Å². The molecule has 0 aliphatic heterocycles. The maximum Gasteiger partial charge on any atom is 0.135 e. The van der Waals surface area contributed by atoms with Crippen LogP contribution in [0.3, 0.4) is 0 Å². The van der Waals surface area contributed by atoms with E-state index in [9.17, 15) is 0 Å². The highest BCUT2D eigenvalue weighted by atomic mass is 16.3. The smallest absolute Gasteiger partial charge is 0.135 e. The van der Waals surface area contributed by atoms with Crippen molar-refractivity contribution in [3.05, 3.63) is 193 Å². The lowest BCUT2D eigenvalue weighted by molar-refractivity contribution is -0.0281. The van der Waals surface area contributed by atoms with Crippen molar-refractivity contribution in [3.8, 4) is 22.3 Å². The Labute approximate surface area is 355 Å². The highest BCUT2D eigenvalue weighted by molar-refractivity contribution is 6.06. The van der Waals surface area contributed by atoms with Gasteiger partial charge in [0, 0.05) is 27.8 Å². The van der Waals surface area contributed by atoms with E-state index in [0.29, 0.717) is 5.41 Å². The van der Waals surface area contributed by atoms with Crippen molar-refractivity contribution in [3.63, 3.8) is 0 Å². The van der Waals surface area contributed by atoms with Crippen molar-refractivity contribution in [2.45, 2.75) is 75.5 Å². The van der Waals surface area contributed by atoms with Crippen LogP contribution in [0.5, 0.6) is 0 Å². The van der Waals surface area contributed by atoms with Crippen molar-refractivity contribution in [1.29, 1.82) is 0 Å². The largest absolute Gasteiger partial charge is 0.456 e. The number of fused-ring (bicyclic) bond motifs is 3. The van der Waals surface area contributed by atoms with E-state index in [-0.39, 0.29) is 5.41 Å². The molecule has 296 valence electrons. The van der Waals surface area contributed by atoms with Gasteiger partial charge in [0.2, 0.25) is 0 Å². The Balaban J connectivity index is 0.888. The molecule has 1 aromatic heterocycles. The molecule has 2 atom stereocenters. The molecule has 4 bridgehead atoms. The Morgan fingerprint density at radius 3 is 1.67 bits per heavy atom. The molecule has 1 heterocycles. The number of hydrogen-bond donors (Lipinski definition) is 0. The zero-order valence-corrected chi connectivity index (χ0v) is 34.7. The monoisotopic (exact) mass is 779 g/mol. The second-order valence-corrected chi connectivity index (χ2v) is 18.4. The summed E-state index contributed by atoms with van der Waals surface area (Å²) in [4.78, 5) is 2.44. The number of anilines is 3. The topological polar surface area (TPSA) is 16.4 Å². The predicted octanol–water partition coefficient (Wildman–Crippen LogP) is 16.2. The van der Waals surface area contributed by atoms with Crippen molar-refractivity contribution in [2.24, 2.45) is 11.8 Å². The predicted molar refractivity (Wildman–Crippen MR) is 252 cm³/mol. The third kappa shape index (κ3) is 6.49. The third-order valence-electron chi connectivity index (χ3n) is 14.6. The minimum Gasteiger partial charge on any atom is -0.456 e. The fraction of sp³-hybridized carbons (Fsp3) is 0.241. The first-order valence-corrected chi connectivity index (χ1v) is 22.3. The molecule has 2 heteroatoms. The van der Waals surface area contributed by atoms with Gasteiger partial charge in [-0.3, -0.25) is 0 Å². The number of aryl methyl sites for hydroxylation is 1. The average molecular weight is 780 g/mol. The summed E-state index contributed by atoms with van der Waals surface area (Å²) in [6, 6.07) is 61.4. The fourth-order valence-electron chi connectivity index (χ4n) is 12.1. The van der Waals surface area contributed by atoms with E-state index in [1.807, 2.05) is 18.2 Å². The maximum absolute atomic E-state index is 6.09. The van der Waals surface area contributed by atoms with E-state index in [0.717, 1.165) is 40.2 Å². The lowest BCUT2D eigenvalue weighted by Gasteiger charge is -2.63.